The first-order chi connectivity index (χ1) is 8.81. The lowest BCUT2D eigenvalue weighted by Gasteiger charge is -2.31. The molecule has 2 heterocycles. The number of hydrogen-bond acceptors (Lipinski definition) is 4. The van der Waals surface area contributed by atoms with E-state index in [1.54, 1.807) is 0 Å². The third-order valence-electron chi connectivity index (χ3n) is 3.43. The predicted octanol–water partition coefficient (Wildman–Crippen LogP) is 2.12. The van der Waals surface area contributed by atoms with Crippen molar-refractivity contribution in [2.24, 2.45) is 0 Å². The number of anilines is 1. The summed E-state index contributed by atoms with van der Waals surface area (Å²) >= 11 is 0. The zero-order valence-electron chi connectivity index (χ0n) is 11.4. The number of nitrogens with one attached hydrogen (secondary N) is 1. The molecule has 1 N–H and O–H groups in total. The molecule has 1 aromatic heterocycles. The first-order valence-electron chi connectivity index (χ1n) is 6.78. The van der Waals surface area contributed by atoms with E-state index in [0.29, 0.717) is 6.10 Å². The third-order valence-corrected chi connectivity index (χ3v) is 3.43. The van der Waals surface area contributed by atoms with Crippen molar-refractivity contribution in [2.45, 2.75) is 32.4 Å². The number of likely N-dealkylation sites (tertiary alicyclic amines) is 1. The van der Waals surface area contributed by atoms with Crippen LogP contribution in [0.1, 0.15) is 25.5 Å². The highest BCUT2D eigenvalue weighted by molar-refractivity contribution is 5.42. The topological polar surface area (TPSA) is 37.4 Å². The lowest BCUT2D eigenvalue weighted by Crippen LogP contribution is -2.36. The maximum atomic E-state index is 5.67. The molecule has 4 heteroatoms. The van der Waals surface area contributed by atoms with Gasteiger partial charge < -0.3 is 10.1 Å². The van der Waals surface area contributed by atoms with Crippen molar-refractivity contribution in [3.8, 4) is 0 Å². The SMILES string of the molecule is CCOC1CCN(Cc2cc(NC)ccn2)CC1. The molecule has 4 nitrogen and oxygen atoms in total. The van der Waals surface area contributed by atoms with Crippen molar-refractivity contribution in [3.63, 3.8) is 0 Å². The molecule has 1 saturated heterocycles. The quantitative estimate of drug-likeness (QED) is 0.867. The molecule has 0 aromatic carbocycles. The maximum Gasteiger partial charge on any atom is 0.0599 e. The molecule has 0 bridgehead atoms. The summed E-state index contributed by atoms with van der Waals surface area (Å²) in [7, 11) is 1.94. The second kappa shape index (κ2) is 6.71. The first-order valence-corrected chi connectivity index (χ1v) is 6.78. The van der Waals surface area contributed by atoms with Crippen molar-refractivity contribution in [3.05, 3.63) is 24.0 Å². The summed E-state index contributed by atoms with van der Waals surface area (Å²) < 4.78 is 5.67. The van der Waals surface area contributed by atoms with Gasteiger partial charge in [0, 0.05) is 45.2 Å². The Labute approximate surface area is 109 Å². The van der Waals surface area contributed by atoms with Gasteiger partial charge in [-0.15, -0.1) is 0 Å². The van der Waals surface area contributed by atoms with E-state index in [0.717, 1.165) is 50.5 Å². The fourth-order valence-electron chi connectivity index (χ4n) is 2.42. The predicted molar refractivity (Wildman–Crippen MR) is 73.7 cm³/mol. The molecule has 100 valence electrons. The highest BCUT2D eigenvalue weighted by Gasteiger charge is 2.19. The molecule has 1 aliphatic heterocycles. The number of aromatic nitrogens is 1. The molecule has 0 aliphatic carbocycles. The molecule has 0 radical (unpaired) electrons. The minimum atomic E-state index is 0.461. The zero-order valence-corrected chi connectivity index (χ0v) is 11.4. The van der Waals surface area contributed by atoms with E-state index in [4.69, 9.17) is 4.74 Å². The summed E-state index contributed by atoms with van der Waals surface area (Å²) in [4.78, 5) is 6.88. The van der Waals surface area contributed by atoms with Gasteiger partial charge in [-0.2, -0.15) is 0 Å². The molecule has 0 unspecified atom stereocenters. The largest absolute Gasteiger partial charge is 0.388 e. The first kappa shape index (κ1) is 13.3. The van der Waals surface area contributed by atoms with Gasteiger partial charge in [-0.3, -0.25) is 9.88 Å². The van der Waals surface area contributed by atoms with Crippen LogP contribution in [0.4, 0.5) is 5.69 Å². The molecule has 1 fully saturated rings. The lowest BCUT2D eigenvalue weighted by molar-refractivity contribution is 0.0123. The molecule has 0 atom stereocenters. The smallest absolute Gasteiger partial charge is 0.0599 e. The van der Waals surface area contributed by atoms with Crippen LogP contribution >= 0.6 is 0 Å². The van der Waals surface area contributed by atoms with Gasteiger partial charge in [-0.1, -0.05) is 0 Å². The molecule has 0 spiro atoms. The van der Waals surface area contributed by atoms with E-state index < -0.39 is 0 Å². The Hall–Kier alpha value is -1.13. The Morgan fingerprint density at radius 3 is 2.89 bits per heavy atom. The highest BCUT2D eigenvalue weighted by Crippen LogP contribution is 2.16. The van der Waals surface area contributed by atoms with Crippen molar-refractivity contribution < 1.29 is 4.74 Å². The van der Waals surface area contributed by atoms with Gasteiger partial charge in [-0.05, 0) is 31.9 Å². The van der Waals surface area contributed by atoms with Gasteiger partial charge in [-0.25, -0.2) is 0 Å². The Bertz CT molecular complexity index is 362. The van der Waals surface area contributed by atoms with Gasteiger partial charge in [0.05, 0.1) is 11.8 Å². The third kappa shape index (κ3) is 3.68. The standard InChI is InChI=1S/C14H23N3O/c1-3-18-14-5-8-17(9-6-14)11-13-10-12(15-2)4-7-16-13/h4,7,10,14H,3,5-6,8-9,11H2,1-2H3,(H,15,16). The molecule has 1 aliphatic rings. The average Bonchev–Trinajstić information content (AvgIpc) is 2.42. The number of rotatable bonds is 5. The molecular formula is C14H23N3O. The van der Waals surface area contributed by atoms with E-state index in [1.165, 1.54) is 0 Å². The molecule has 1 aromatic rings. The van der Waals surface area contributed by atoms with Crippen LogP contribution in [-0.2, 0) is 11.3 Å². The highest BCUT2D eigenvalue weighted by atomic mass is 16.5. The van der Waals surface area contributed by atoms with Gasteiger partial charge >= 0.3 is 0 Å². The van der Waals surface area contributed by atoms with E-state index in [2.05, 4.69) is 28.2 Å². The average molecular weight is 249 g/mol. The van der Waals surface area contributed by atoms with Crippen LogP contribution in [-0.4, -0.2) is 42.7 Å². The summed E-state index contributed by atoms with van der Waals surface area (Å²) in [6.07, 6.45) is 4.61. The summed E-state index contributed by atoms with van der Waals surface area (Å²) in [5.41, 5.74) is 2.26. The van der Waals surface area contributed by atoms with E-state index in [-0.39, 0.29) is 0 Å². The van der Waals surface area contributed by atoms with E-state index in [9.17, 15) is 0 Å². The number of ether oxygens (including phenoxy) is 1. The van der Waals surface area contributed by atoms with Crippen LogP contribution in [0.15, 0.2) is 18.3 Å². The molecule has 2 rings (SSSR count). The van der Waals surface area contributed by atoms with Crippen LogP contribution in [0.2, 0.25) is 0 Å². The Morgan fingerprint density at radius 1 is 1.44 bits per heavy atom. The van der Waals surface area contributed by atoms with Gasteiger partial charge in [0.2, 0.25) is 0 Å². The van der Waals surface area contributed by atoms with Gasteiger partial charge in [0.25, 0.3) is 0 Å². The maximum absolute atomic E-state index is 5.67. The summed E-state index contributed by atoms with van der Waals surface area (Å²) in [6.45, 7) is 6.05. The molecule has 0 saturated carbocycles. The Balaban J connectivity index is 1.83. The van der Waals surface area contributed by atoms with Crippen LogP contribution in [0.5, 0.6) is 0 Å². The Morgan fingerprint density at radius 2 is 2.22 bits per heavy atom. The van der Waals surface area contributed by atoms with Crippen LogP contribution in [0.25, 0.3) is 0 Å². The molecule has 18 heavy (non-hydrogen) atoms. The summed E-state index contributed by atoms with van der Waals surface area (Å²) in [5.74, 6) is 0. The van der Waals surface area contributed by atoms with Crippen LogP contribution in [0, 0.1) is 0 Å². The normalized spacial score (nSPS) is 17.9. The van der Waals surface area contributed by atoms with Crippen molar-refractivity contribution in [1.82, 2.24) is 9.88 Å². The van der Waals surface area contributed by atoms with E-state index >= 15 is 0 Å². The minimum Gasteiger partial charge on any atom is -0.388 e. The van der Waals surface area contributed by atoms with Crippen LogP contribution in [0.3, 0.4) is 0 Å². The number of nitrogens with zero attached hydrogens (tertiary/aromatic N) is 2. The monoisotopic (exact) mass is 249 g/mol. The summed E-state index contributed by atoms with van der Waals surface area (Å²) in [5, 5.41) is 3.15. The molecule has 0 amide bonds. The number of pyridine rings is 1. The lowest BCUT2D eigenvalue weighted by atomic mass is 10.1. The zero-order chi connectivity index (χ0) is 12.8. The fourth-order valence-corrected chi connectivity index (χ4v) is 2.42. The van der Waals surface area contributed by atoms with Crippen molar-refractivity contribution in [1.29, 1.82) is 0 Å². The van der Waals surface area contributed by atoms with Gasteiger partial charge in [0.1, 0.15) is 0 Å². The van der Waals surface area contributed by atoms with E-state index in [1.807, 2.05) is 19.3 Å². The van der Waals surface area contributed by atoms with Crippen LogP contribution < -0.4 is 5.32 Å². The molecular weight excluding hydrogens is 226 g/mol. The Kier molecular flexibility index (Phi) is 4.96. The van der Waals surface area contributed by atoms with Crippen molar-refractivity contribution >= 4 is 5.69 Å². The summed E-state index contributed by atoms with van der Waals surface area (Å²) in [6, 6.07) is 4.11. The second-order valence-electron chi connectivity index (χ2n) is 4.72. The number of piperidine rings is 1. The minimum absolute atomic E-state index is 0.461. The van der Waals surface area contributed by atoms with Gasteiger partial charge in [0.15, 0.2) is 0 Å². The number of hydrogen-bond donors (Lipinski definition) is 1. The van der Waals surface area contributed by atoms with Crippen molar-refractivity contribution in [2.75, 3.05) is 32.1 Å². The second-order valence-corrected chi connectivity index (χ2v) is 4.72. The fraction of sp³-hybridized carbons (Fsp3) is 0.643.